The van der Waals surface area contributed by atoms with E-state index in [1.54, 1.807) is 0 Å². The Morgan fingerprint density at radius 2 is 1.67 bits per heavy atom. The molecule has 3 aliphatic carbocycles. The second-order valence-electron chi connectivity index (χ2n) is 5.24. The van der Waals surface area contributed by atoms with Crippen molar-refractivity contribution in [2.45, 2.75) is 37.3 Å². The molecule has 2 heterocycles. The maximum absolute atomic E-state index is 5.69. The smallest absolute Gasteiger partial charge is 0.0876 e. The summed E-state index contributed by atoms with van der Waals surface area (Å²) in [7, 11) is 0. The van der Waals surface area contributed by atoms with E-state index in [0.29, 0.717) is 24.4 Å². The van der Waals surface area contributed by atoms with Gasteiger partial charge in [-0.2, -0.15) is 0 Å². The minimum atomic E-state index is 0.676. The first kappa shape index (κ1) is 5.61. The molecule has 0 aromatic carbocycles. The van der Waals surface area contributed by atoms with Crippen molar-refractivity contribution < 1.29 is 9.47 Å². The van der Waals surface area contributed by atoms with Gasteiger partial charge in [0.25, 0.3) is 0 Å². The van der Waals surface area contributed by atoms with Crippen LogP contribution in [0.2, 0.25) is 0 Å². The highest BCUT2D eigenvalue weighted by Gasteiger charge is 2.74. The molecule has 5 aliphatic rings. The topological polar surface area (TPSA) is 25.1 Å². The number of hydrogen-bond donors (Lipinski definition) is 0. The fourth-order valence-electron chi connectivity index (χ4n) is 4.58. The number of epoxide rings is 2. The second kappa shape index (κ2) is 1.38. The van der Waals surface area contributed by atoms with E-state index in [9.17, 15) is 0 Å². The molecule has 0 unspecified atom stereocenters. The molecule has 2 nitrogen and oxygen atoms in total. The van der Waals surface area contributed by atoms with Gasteiger partial charge in [0, 0.05) is 0 Å². The third-order valence-corrected chi connectivity index (χ3v) is 4.99. The van der Waals surface area contributed by atoms with Gasteiger partial charge in [-0.05, 0) is 36.5 Å². The lowest BCUT2D eigenvalue weighted by Gasteiger charge is -2.22. The fraction of sp³-hybridized carbons (Fsp3) is 1.00. The van der Waals surface area contributed by atoms with Gasteiger partial charge in [-0.3, -0.25) is 0 Å². The average Bonchev–Trinajstić information content (AvgIpc) is 2.92. The predicted molar refractivity (Wildman–Crippen MR) is 40.5 cm³/mol. The molecule has 0 aromatic rings. The monoisotopic (exact) mass is 164 g/mol. The van der Waals surface area contributed by atoms with Gasteiger partial charge in [0.15, 0.2) is 0 Å². The molecule has 2 saturated heterocycles. The summed E-state index contributed by atoms with van der Waals surface area (Å²) in [5.74, 6) is 3.77. The molecular weight excluding hydrogens is 152 g/mol. The van der Waals surface area contributed by atoms with Gasteiger partial charge in [-0.25, -0.2) is 0 Å². The normalized spacial score (nSPS) is 80.0. The lowest BCUT2D eigenvalue weighted by atomic mass is 9.81. The molecule has 8 atom stereocenters. The molecule has 2 heteroatoms. The SMILES string of the molecule is C1[C@H]2[C@@H]3C[C@@H]4O[C@@H]4[C@H]3[C@@H]1[C@@H]1O[C@@H]21. The van der Waals surface area contributed by atoms with Gasteiger partial charge >= 0.3 is 0 Å². The van der Waals surface area contributed by atoms with E-state index in [4.69, 9.17) is 9.47 Å². The van der Waals surface area contributed by atoms with E-state index in [-0.39, 0.29) is 0 Å². The number of hydrogen-bond acceptors (Lipinski definition) is 2. The highest BCUT2D eigenvalue weighted by molar-refractivity contribution is 5.21. The Bertz CT molecular complexity index is 273. The maximum Gasteiger partial charge on any atom is 0.0876 e. The Morgan fingerprint density at radius 1 is 0.750 bits per heavy atom. The summed E-state index contributed by atoms with van der Waals surface area (Å²) in [4.78, 5) is 0. The van der Waals surface area contributed by atoms with Crippen molar-refractivity contribution >= 4 is 0 Å². The third-order valence-electron chi connectivity index (χ3n) is 4.99. The Balaban J connectivity index is 1.66. The van der Waals surface area contributed by atoms with Crippen LogP contribution >= 0.6 is 0 Å². The summed E-state index contributed by atoms with van der Waals surface area (Å²) >= 11 is 0. The van der Waals surface area contributed by atoms with Gasteiger partial charge in [0.1, 0.15) is 0 Å². The Morgan fingerprint density at radius 3 is 2.67 bits per heavy atom. The Kier molecular flexibility index (Phi) is 0.644. The minimum absolute atomic E-state index is 0.676. The van der Waals surface area contributed by atoms with Crippen molar-refractivity contribution in [1.29, 1.82) is 0 Å². The van der Waals surface area contributed by atoms with Crippen molar-refractivity contribution in [3.05, 3.63) is 0 Å². The van der Waals surface area contributed by atoms with Crippen molar-refractivity contribution in [3.8, 4) is 0 Å². The molecule has 12 heavy (non-hydrogen) atoms. The van der Waals surface area contributed by atoms with Crippen LogP contribution in [0.5, 0.6) is 0 Å². The van der Waals surface area contributed by atoms with Gasteiger partial charge in [0.2, 0.25) is 0 Å². The molecular formula is C10H12O2. The van der Waals surface area contributed by atoms with E-state index in [0.717, 1.165) is 23.7 Å². The van der Waals surface area contributed by atoms with Crippen molar-refractivity contribution in [1.82, 2.24) is 0 Å². The van der Waals surface area contributed by atoms with Crippen LogP contribution < -0.4 is 0 Å². The molecule has 64 valence electrons. The maximum atomic E-state index is 5.69. The molecule has 5 fully saturated rings. The minimum Gasteiger partial charge on any atom is -0.369 e. The van der Waals surface area contributed by atoms with Crippen LogP contribution in [0.25, 0.3) is 0 Å². The molecule has 0 spiro atoms. The quantitative estimate of drug-likeness (QED) is 0.495. The van der Waals surface area contributed by atoms with E-state index in [1.165, 1.54) is 12.8 Å². The molecule has 0 amide bonds. The zero-order valence-electron chi connectivity index (χ0n) is 6.85. The molecule has 5 rings (SSSR count). The van der Waals surface area contributed by atoms with Crippen LogP contribution in [-0.4, -0.2) is 24.4 Å². The van der Waals surface area contributed by atoms with Crippen LogP contribution in [0, 0.1) is 23.7 Å². The van der Waals surface area contributed by atoms with Gasteiger partial charge in [0.05, 0.1) is 24.4 Å². The predicted octanol–water partition coefficient (Wildman–Crippen LogP) is 0.807. The highest BCUT2D eigenvalue weighted by Crippen LogP contribution is 2.69. The molecule has 2 bridgehead atoms. The van der Waals surface area contributed by atoms with E-state index < -0.39 is 0 Å². The first-order valence-corrected chi connectivity index (χ1v) is 5.24. The van der Waals surface area contributed by atoms with Crippen molar-refractivity contribution in [2.75, 3.05) is 0 Å². The summed E-state index contributed by atoms with van der Waals surface area (Å²) in [6, 6.07) is 0. The molecule has 0 N–H and O–H groups in total. The number of fused-ring (bicyclic) bond motifs is 10. The van der Waals surface area contributed by atoms with Crippen LogP contribution in [0.1, 0.15) is 12.8 Å². The summed E-state index contributed by atoms with van der Waals surface area (Å²) in [5, 5.41) is 0. The lowest BCUT2D eigenvalue weighted by Crippen LogP contribution is -2.27. The average molecular weight is 164 g/mol. The number of rotatable bonds is 0. The third kappa shape index (κ3) is 0.409. The summed E-state index contributed by atoms with van der Waals surface area (Å²) in [6.07, 6.45) is 5.58. The Hall–Kier alpha value is -0.0800. The Labute approximate surface area is 71.2 Å². The summed E-state index contributed by atoms with van der Waals surface area (Å²) in [5.41, 5.74) is 0. The van der Waals surface area contributed by atoms with Crippen LogP contribution in [0.4, 0.5) is 0 Å². The molecule has 2 aliphatic heterocycles. The van der Waals surface area contributed by atoms with Crippen LogP contribution in [-0.2, 0) is 9.47 Å². The van der Waals surface area contributed by atoms with Gasteiger partial charge < -0.3 is 9.47 Å². The standard InChI is InChI=1S/C10H12O2/c1-4-3-2-6-10(11-6)7(3)5(1)9-8(4)12-9/h3-10H,1-2H2/t3-,4-,5+,6-,7+,8-,9-,10-/m0/s1. The van der Waals surface area contributed by atoms with Gasteiger partial charge in [-0.15, -0.1) is 0 Å². The van der Waals surface area contributed by atoms with Crippen LogP contribution in [0.3, 0.4) is 0 Å². The summed E-state index contributed by atoms with van der Waals surface area (Å²) < 4.78 is 11.3. The first-order chi connectivity index (χ1) is 5.93. The molecule has 0 radical (unpaired) electrons. The van der Waals surface area contributed by atoms with E-state index >= 15 is 0 Å². The first-order valence-electron chi connectivity index (χ1n) is 5.24. The van der Waals surface area contributed by atoms with Gasteiger partial charge in [-0.1, -0.05) is 0 Å². The van der Waals surface area contributed by atoms with E-state index in [2.05, 4.69) is 0 Å². The van der Waals surface area contributed by atoms with Crippen molar-refractivity contribution in [3.63, 3.8) is 0 Å². The fourth-order valence-corrected chi connectivity index (χ4v) is 4.58. The van der Waals surface area contributed by atoms with Crippen LogP contribution in [0.15, 0.2) is 0 Å². The molecule has 3 saturated carbocycles. The second-order valence-corrected chi connectivity index (χ2v) is 5.24. The highest BCUT2D eigenvalue weighted by atomic mass is 16.6. The largest absolute Gasteiger partial charge is 0.369 e. The van der Waals surface area contributed by atoms with Crippen molar-refractivity contribution in [2.24, 2.45) is 23.7 Å². The zero-order chi connectivity index (χ0) is 7.45. The molecule has 0 aromatic heterocycles. The zero-order valence-corrected chi connectivity index (χ0v) is 6.85. The lowest BCUT2D eigenvalue weighted by molar-refractivity contribution is 0.162. The summed E-state index contributed by atoms with van der Waals surface area (Å²) in [6.45, 7) is 0. The number of ether oxygens (including phenoxy) is 2. The van der Waals surface area contributed by atoms with E-state index in [1.807, 2.05) is 0 Å².